The Morgan fingerprint density at radius 1 is 1.50 bits per heavy atom. The van der Waals surface area contributed by atoms with Crippen LogP contribution in [0.1, 0.15) is 22.3 Å². The minimum absolute atomic E-state index is 0.0459. The van der Waals surface area contributed by atoms with Crippen molar-refractivity contribution in [3.63, 3.8) is 0 Å². The number of amides is 1. The monoisotopic (exact) mass is 297 g/mol. The van der Waals surface area contributed by atoms with Gasteiger partial charge in [-0.2, -0.15) is 0 Å². The van der Waals surface area contributed by atoms with E-state index in [0.29, 0.717) is 17.7 Å². The van der Waals surface area contributed by atoms with Gasteiger partial charge in [-0.1, -0.05) is 11.8 Å². The first-order valence-corrected chi connectivity index (χ1v) is 7.75. The predicted octanol–water partition coefficient (Wildman–Crippen LogP) is 0.668. The van der Waals surface area contributed by atoms with Crippen LogP contribution in [0.25, 0.3) is 0 Å². The Morgan fingerprint density at radius 2 is 2.25 bits per heavy atom. The maximum Gasteiger partial charge on any atom is 0.254 e. The number of halogens is 1. The summed E-state index contributed by atoms with van der Waals surface area (Å²) in [6.45, 7) is 0.178. The van der Waals surface area contributed by atoms with Crippen molar-refractivity contribution in [2.75, 3.05) is 25.2 Å². The molecule has 0 heterocycles. The summed E-state index contributed by atoms with van der Waals surface area (Å²) >= 11 is 0. The van der Waals surface area contributed by atoms with Gasteiger partial charge in [0.05, 0.1) is 12.2 Å². The quantitative estimate of drug-likeness (QED) is 0.785. The van der Waals surface area contributed by atoms with Gasteiger partial charge < -0.3 is 10.4 Å². The van der Waals surface area contributed by atoms with Crippen LogP contribution in [-0.2, 0) is 10.8 Å². The topological polar surface area (TPSA) is 66.4 Å². The molecule has 1 rings (SSSR count). The highest BCUT2D eigenvalue weighted by Crippen LogP contribution is 2.10. The normalized spacial score (nSPS) is 11.3. The third kappa shape index (κ3) is 5.51. The zero-order valence-electron chi connectivity index (χ0n) is 11.1. The van der Waals surface area contributed by atoms with Crippen molar-refractivity contribution in [3.05, 3.63) is 35.1 Å². The number of aliphatic hydroxyl groups excluding tert-OH is 1. The van der Waals surface area contributed by atoms with E-state index in [-0.39, 0.29) is 18.7 Å². The lowest BCUT2D eigenvalue weighted by molar-refractivity contribution is 0.0952. The predicted molar refractivity (Wildman–Crippen MR) is 76.2 cm³/mol. The number of carbonyl (C=O) groups excluding carboxylic acids is 1. The fourth-order valence-electron chi connectivity index (χ4n) is 1.40. The molecule has 0 fully saturated rings. The molecule has 6 heteroatoms. The largest absolute Gasteiger partial charge is 0.395 e. The molecular weight excluding hydrogens is 281 g/mol. The zero-order chi connectivity index (χ0) is 15.0. The standard InChI is InChI=1S/C14H16FNO3S/c1-20(19)9-7-16-14(18)12-10-11(4-2-3-8-17)5-6-13(12)15/h5-6,10,17H,3,7-9H2,1H3,(H,16,18). The van der Waals surface area contributed by atoms with Crippen LogP contribution < -0.4 is 5.32 Å². The van der Waals surface area contributed by atoms with E-state index in [1.807, 2.05) is 0 Å². The summed E-state index contributed by atoms with van der Waals surface area (Å²) in [5, 5.41) is 11.1. The lowest BCUT2D eigenvalue weighted by Crippen LogP contribution is -2.28. The Kier molecular flexibility index (Phi) is 6.91. The molecular formula is C14H16FNO3S. The van der Waals surface area contributed by atoms with Crippen molar-refractivity contribution in [3.8, 4) is 11.8 Å². The highest BCUT2D eigenvalue weighted by Gasteiger charge is 2.11. The molecule has 1 amide bonds. The number of carbonyl (C=O) groups is 1. The smallest absolute Gasteiger partial charge is 0.254 e. The zero-order valence-corrected chi connectivity index (χ0v) is 11.9. The molecule has 0 aliphatic rings. The lowest BCUT2D eigenvalue weighted by atomic mass is 10.1. The Morgan fingerprint density at radius 3 is 2.90 bits per heavy atom. The van der Waals surface area contributed by atoms with Gasteiger partial charge >= 0.3 is 0 Å². The number of rotatable bonds is 5. The number of aliphatic hydroxyl groups is 1. The highest BCUT2D eigenvalue weighted by molar-refractivity contribution is 7.84. The van der Waals surface area contributed by atoms with Gasteiger partial charge in [-0.25, -0.2) is 4.39 Å². The van der Waals surface area contributed by atoms with Crippen LogP contribution in [-0.4, -0.2) is 40.4 Å². The molecule has 108 valence electrons. The SMILES string of the molecule is CS(=O)CCNC(=O)c1cc(C#CCCO)ccc1F. The van der Waals surface area contributed by atoms with Gasteiger partial charge in [0.1, 0.15) is 5.82 Å². The average Bonchev–Trinajstić information content (AvgIpc) is 2.40. The molecule has 1 atom stereocenters. The van der Waals surface area contributed by atoms with Crippen molar-refractivity contribution in [2.45, 2.75) is 6.42 Å². The maximum absolute atomic E-state index is 13.6. The highest BCUT2D eigenvalue weighted by atomic mass is 32.2. The van der Waals surface area contributed by atoms with Gasteiger partial charge in [-0.15, -0.1) is 0 Å². The third-order valence-corrected chi connectivity index (χ3v) is 3.13. The van der Waals surface area contributed by atoms with E-state index in [9.17, 15) is 13.4 Å². The van der Waals surface area contributed by atoms with Crippen LogP contribution in [0.4, 0.5) is 4.39 Å². The number of hydrogen-bond acceptors (Lipinski definition) is 3. The number of nitrogens with one attached hydrogen (secondary N) is 1. The van der Waals surface area contributed by atoms with Crippen LogP contribution in [0.2, 0.25) is 0 Å². The van der Waals surface area contributed by atoms with Crippen molar-refractivity contribution >= 4 is 16.7 Å². The average molecular weight is 297 g/mol. The summed E-state index contributed by atoms with van der Waals surface area (Å²) in [4.78, 5) is 11.8. The Bertz CT molecular complexity index is 563. The molecule has 0 aliphatic heterocycles. The first-order valence-electron chi connectivity index (χ1n) is 6.02. The second-order valence-electron chi connectivity index (χ2n) is 4.00. The molecule has 1 unspecified atom stereocenters. The first-order chi connectivity index (χ1) is 9.54. The molecule has 4 nitrogen and oxygen atoms in total. The van der Waals surface area contributed by atoms with E-state index in [4.69, 9.17) is 5.11 Å². The molecule has 20 heavy (non-hydrogen) atoms. The number of hydrogen-bond donors (Lipinski definition) is 2. The second-order valence-corrected chi connectivity index (χ2v) is 5.56. The summed E-state index contributed by atoms with van der Waals surface area (Å²) in [7, 11) is -1.01. The van der Waals surface area contributed by atoms with E-state index >= 15 is 0 Å². The fourth-order valence-corrected chi connectivity index (χ4v) is 1.79. The fraction of sp³-hybridized carbons (Fsp3) is 0.357. The molecule has 1 aromatic rings. The summed E-state index contributed by atoms with van der Waals surface area (Å²) < 4.78 is 24.5. The van der Waals surface area contributed by atoms with Crippen LogP contribution in [0, 0.1) is 17.7 Å². The molecule has 0 aromatic heterocycles. The van der Waals surface area contributed by atoms with Crippen LogP contribution >= 0.6 is 0 Å². The van der Waals surface area contributed by atoms with Crippen molar-refractivity contribution in [1.29, 1.82) is 0 Å². The lowest BCUT2D eigenvalue weighted by Gasteiger charge is -2.05. The van der Waals surface area contributed by atoms with E-state index in [2.05, 4.69) is 17.2 Å². The van der Waals surface area contributed by atoms with Gasteiger partial charge in [-0.3, -0.25) is 9.00 Å². The van der Waals surface area contributed by atoms with Crippen molar-refractivity contribution in [2.24, 2.45) is 0 Å². The molecule has 0 saturated carbocycles. The molecule has 0 spiro atoms. The van der Waals surface area contributed by atoms with Gasteiger partial charge in [0.2, 0.25) is 0 Å². The second kappa shape index (κ2) is 8.46. The minimum atomic E-state index is -1.01. The van der Waals surface area contributed by atoms with Gasteiger partial charge in [-0.05, 0) is 18.2 Å². The van der Waals surface area contributed by atoms with Crippen LogP contribution in [0.5, 0.6) is 0 Å². The van der Waals surface area contributed by atoms with Crippen molar-refractivity contribution < 1.29 is 18.5 Å². The molecule has 0 aliphatic carbocycles. The molecule has 1 aromatic carbocycles. The van der Waals surface area contributed by atoms with E-state index < -0.39 is 22.5 Å². The van der Waals surface area contributed by atoms with Gasteiger partial charge in [0, 0.05) is 41.3 Å². The van der Waals surface area contributed by atoms with E-state index in [0.717, 1.165) is 0 Å². The Labute approximate surface area is 119 Å². The van der Waals surface area contributed by atoms with Crippen LogP contribution in [0.3, 0.4) is 0 Å². The summed E-state index contributed by atoms with van der Waals surface area (Å²) in [6.07, 6.45) is 1.85. The molecule has 0 radical (unpaired) electrons. The maximum atomic E-state index is 13.6. The minimum Gasteiger partial charge on any atom is -0.395 e. The summed E-state index contributed by atoms with van der Waals surface area (Å²) in [5.74, 6) is 4.57. The van der Waals surface area contributed by atoms with Crippen molar-refractivity contribution in [1.82, 2.24) is 5.32 Å². The molecule has 0 bridgehead atoms. The van der Waals surface area contributed by atoms with E-state index in [1.54, 1.807) is 0 Å². The van der Waals surface area contributed by atoms with Crippen LogP contribution in [0.15, 0.2) is 18.2 Å². The van der Waals surface area contributed by atoms with Gasteiger partial charge in [0.25, 0.3) is 5.91 Å². The third-order valence-electron chi connectivity index (χ3n) is 2.36. The van der Waals surface area contributed by atoms with E-state index in [1.165, 1.54) is 24.5 Å². The summed E-state index contributed by atoms with van der Waals surface area (Å²) in [5.41, 5.74) is 0.409. The summed E-state index contributed by atoms with van der Waals surface area (Å²) in [6, 6.07) is 4.01. The Hall–Kier alpha value is -1.71. The molecule has 0 saturated heterocycles. The molecule has 2 N–H and O–H groups in total. The number of benzene rings is 1. The first kappa shape index (κ1) is 16.3. The Balaban J connectivity index is 2.78. The van der Waals surface area contributed by atoms with Gasteiger partial charge in [0.15, 0.2) is 0 Å².